The van der Waals surface area contributed by atoms with Crippen LogP contribution in [0.1, 0.15) is 40.2 Å². The molecule has 1 heterocycles. The van der Waals surface area contributed by atoms with E-state index in [0.717, 1.165) is 42.6 Å². The largest absolute Gasteiger partial charge is 0.482 e. The molecule has 1 amide bonds. The number of hydrogen-bond donors (Lipinski definition) is 1. The van der Waals surface area contributed by atoms with Crippen molar-refractivity contribution in [3.63, 3.8) is 0 Å². The summed E-state index contributed by atoms with van der Waals surface area (Å²) >= 11 is 0. The highest BCUT2D eigenvalue weighted by molar-refractivity contribution is 5.93. The number of carboxylic acids is 1. The molecule has 1 N–H and O–H groups in total. The molecule has 0 bridgehead atoms. The average Bonchev–Trinajstić information content (AvgIpc) is 3.04. The Morgan fingerprint density at radius 3 is 2.68 bits per heavy atom. The molecule has 0 unspecified atom stereocenters. The number of benzene rings is 1. The van der Waals surface area contributed by atoms with Crippen molar-refractivity contribution >= 4 is 11.9 Å². The van der Waals surface area contributed by atoms with Crippen LogP contribution < -0.4 is 4.74 Å². The van der Waals surface area contributed by atoms with Crippen molar-refractivity contribution in [2.75, 3.05) is 13.7 Å². The van der Waals surface area contributed by atoms with Crippen molar-refractivity contribution in [2.24, 2.45) is 0 Å². The first-order valence-electron chi connectivity index (χ1n) is 8.21. The maximum atomic E-state index is 12.6. The van der Waals surface area contributed by atoms with Gasteiger partial charge in [-0.15, -0.1) is 0 Å². The summed E-state index contributed by atoms with van der Waals surface area (Å²) < 4.78 is 10.4. The Balaban J connectivity index is 1.63. The molecule has 1 aromatic carbocycles. The fourth-order valence-corrected chi connectivity index (χ4v) is 2.92. The van der Waals surface area contributed by atoms with Crippen molar-refractivity contribution in [3.8, 4) is 5.75 Å². The molecular formula is C18H20N2O5. The maximum Gasteiger partial charge on any atom is 0.341 e. The molecule has 1 aliphatic rings. The second-order valence-electron chi connectivity index (χ2n) is 6.13. The number of carbonyl (C=O) groups is 2. The quantitative estimate of drug-likeness (QED) is 0.864. The van der Waals surface area contributed by atoms with Crippen LogP contribution in [0.15, 0.2) is 28.8 Å². The monoisotopic (exact) mass is 344 g/mol. The summed E-state index contributed by atoms with van der Waals surface area (Å²) in [5.74, 6) is 0.136. The molecule has 7 nitrogen and oxygen atoms in total. The predicted molar refractivity (Wildman–Crippen MR) is 88.5 cm³/mol. The molecule has 1 aliphatic carbocycles. The van der Waals surface area contributed by atoms with Crippen molar-refractivity contribution in [3.05, 3.63) is 46.8 Å². The summed E-state index contributed by atoms with van der Waals surface area (Å²) in [6, 6.07) is 6.99. The van der Waals surface area contributed by atoms with Crippen LogP contribution >= 0.6 is 0 Å². The number of aromatic nitrogens is 1. The molecule has 0 spiro atoms. The second kappa shape index (κ2) is 7.38. The number of carboxylic acid groups (broad SMARTS) is 1. The van der Waals surface area contributed by atoms with E-state index in [4.69, 9.17) is 14.4 Å². The summed E-state index contributed by atoms with van der Waals surface area (Å²) in [6.07, 6.45) is 3.80. The van der Waals surface area contributed by atoms with Gasteiger partial charge in [-0.2, -0.15) is 0 Å². The fourth-order valence-electron chi connectivity index (χ4n) is 2.92. The van der Waals surface area contributed by atoms with Crippen molar-refractivity contribution in [2.45, 2.75) is 32.2 Å². The van der Waals surface area contributed by atoms with Gasteiger partial charge >= 0.3 is 5.97 Å². The second-order valence-corrected chi connectivity index (χ2v) is 6.13. The van der Waals surface area contributed by atoms with E-state index >= 15 is 0 Å². The van der Waals surface area contributed by atoms with E-state index in [1.807, 2.05) is 0 Å². The standard InChI is InChI=1S/C18H20N2O5/c1-20(10-12-6-8-13(9-7-12)24-11-16(21)22)18(23)17-14-4-2-3-5-15(14)25-19-17/h6-9H,2-5,10-11H2,1H3,(H,21,22). The Morgan fingerprint density at radius 1 is 1.24 bits per heavy atom. The highest BCUT2D eigenvalue weighted by Gasteiger charge is 2.26. The van der Waals surface area contributed by atoms with Gasteiger partial charge in [0.25, 0.3) is 5.91 Å². The van der Waals surface area contributed by atoms with Gasteiger partial charge in [0.2, 0.25) is 0 Å². The van der Waals surface area contributed by atoms with Gasteiger partial charge in [0.05, 0.1) is 0 Å². The minimum absolute atomic E-state index is 0.155. The van der Waals surface area contributed by atoms with E-state index in [0.29, 0.717) is 18.0 Å². The summed E-state index contributed by atoms with van der Waals surface area (Å²) in [7, 11) is 1.72. The minimum atomic E-state index is -1.02. The SMILES string of the molecule is CN(Cc1ccc(OCC(=O)O)cc1)C(=O)c1noc2c1CCCC2. The summed E-state index contributed by atoms with van der Waals surface area (Å²) in [4.78, 5) is 24.7. The molecule has 3 rings (SSSR count). The lowest BCUT2D eigenvalue weighted by Crippen LogP contribution is -2.27. The third-order valence-corrected chi connectivity index (χ3v) is 4.20. The number of carbonyl (C=O) groups excluding carboxylic acids is 1. The molecule has 7 heteroatoms. The van der Waals surface area contributed by atoms with Crippen LogP contribution in [0, 0.1) is 0 Å². The Hall–Kier alpha value is -2.83. The fraction of sp³-hybridized carbons (Fsp3) is 0.389. The van der Waals surface area contributed by atoms with Crippen LogP contribution in [0.3, 0.4) is 0 Å². The molecule has 132 valence electrons. The normalized spacial score (nSPS) is 13.2. The molecule has 1 aromatic heterocycles. The molecule has 25 heavy (non-hydrogen) atoms. The van der Waals surface area contributed by atoms with Gasteiger partial charge in [0.15, 0.2) is 12.3 Å². The van der Waals surface area contributed by atoms with Gasteiger partial charge in [-0.25, -0.2) is 4.79 Å². The smallest absolute Gasteiger partial charge is 0.341 e. The number of hydrogen-bond acceptors (Lipinski definition) is 5. The number of fused-ring (bicyclic) bond motifs is 1. The number of amides is 1. The van der Waals surface area contributed by atoms with E-state index in [1.165, 1.54) is 0 Å². The van der Waals surface area contributed by atoms with Crippen LogP contribution in [-0.2, 0) is 24.2 Å². The zero-order chi connectivity index (χ0) is 17.8. The number of aliphatic carboxylic acids is 1. The van der Waals surface area contributed by atoms with Gasteiger partial charge in [-0.05, 0) is 37.0 Å². The number of aryl methyl sites for hydroxylation is 1. The van der Waals surface area contributed by atoms with Crippen LogP contribution in [0.4, 0.5) is 0 Å². The molecule has 0 fully saturated rings. The van der Waals surface area contributed by atoms with Crippen LogP contribution in [0.2, 0.25) is 0 Å². The first kappa shape index (κ1) is 17.0. The Bertz CT molecular complexity index is 766. The van der Waals surface area contributed by atoms with Gasteiger partial charge in [-0.1, -0.05) is 17.3 Å². The molecule has 2 aromatic rings. The van der Waals surface area contributed by atoms with Gasteiger partial charge in [0.1, 0.15) is 11.5 Å². The summed E-state index contributed by atoms with van der Waals surface area (Å²) in [5, 5.41) is 12.6. The Kier molecular flexibility index (Phi) is 5.02. The first-order chi connectivity index (χ1) is 12.0. The van der Waals surface area contributed by atoms with Gasteiger partial charge in [0, 0.05) is 25.6 Å². The zero-order valence-corrected chi connectivity index (χ0v) is 14.0. The molecule has 0 saturated carbocycles. The topological polar surface area (TPSA) is 92.9 Å². The van der Waals surface area contributed by atoms with E-state index < -0.39 is 5.97 Å². The lowest BCUT2D eigenvalue weighted by molar-refractivity contribution is -0.139. The van der Waals surface area contributed by atoms with Crippen molar-refractivity contribution in [1.29, 1.82) is 0 Å². The lowest BCUT2D eigenvalue weighted by atomic mass is 9.96. The third-order valence-electron chi connectivity index (χ3n) is 4.20. The van der Waals surface area contributed by atoms with Crippen LogP contribution in [0.5, 0.6) is 5.75 Å². The average molecular weight is 344 g/mol. The molecule has 0 radical (unpaired) electrons. The van der Waals surface area contributed by atoms with E-state index in [9.17, 15) is 9.59 Å². The molecule has 0 saturated heterocycles. The highest BCUT2D eigenvalue weighted by atomic mass is 16.5. The third kappa shape index (κ3) is 3.99. The lowest BCUT2D eigenvalue weighted by Gasteiger charge is -2.17. The van der Waals surface area contributed by atoms with Crippen LogP contribution in [-0.4, -0.2) is 40.7 Å². The number of ether oxygens (including phenoxy) is 1. The summed E-state index contributed by atoms with van der Waals surface area (Å²) in [5.41, 5.74) is 2.27. The number of nitrogens with zero attached hydrogens (tertiary/aromatic N) is 2. The molecule has 0 atom stereocenters. The van der Waals surface area contributed by atoms with Gasteiger partial charge < -0.3 is 19.3 Å². The summed E-state index contributed by atoms with van der Waals surface area (Å²) in [6.45, 7) is 0.0364. The highest BCUT2D eigenvalue weighted by Crippen LogP contribution is 2.25. The Morgan fingerprint density at radius 2 is 1.96 bits per heavy atom. The molecule has 0 aliphatic heterocycles. The maximum absolute atomic E-state index is 12.6. The van der Waals surface area contributed by atoms with Gasteiger partial charge in [-0.3, -0.25) is 4.79 Å². The van der Waals surface area contributed by atoms with Crippen LogP contribution in [0.25, 0.3) is 0 Å². The molecular weight excluding hydrogens is 324 g/mol. The number of rotatable bonds is 6. The van der Waals surface area contributed by atoms with Crippen molar-refractivity contribution in [1.82, 2.24) is 10.1 Å². The van der Waals surface area contributed by atoms with E-state index in [2.05, 4.69) is 5.16 Å². The van der Waals surface area contributed by atoms with E-state index in [-0.39, 0.29) is 12.5 Å². The Labute approximate surface area is 145 Å². The predicted octanol–water partition coefficient (Wildman–Crippen LogP) is 2.29. The van der Waals surface area contributed by atoms with E-state index in [1.54, 1.807) is 36.2 Å². The first-order valence-corrected chi connectivity index (χ1v) is 8.21. The minimum Gasteiger partial charge on any atom is -0.482 e. The zero-order valence-electron chi connectivity index (χ0n) is 14.0. The van der Waals surface area contributed by atoms with Crippen molar-refractivity contribution < 1.29 is 24.0 Å².